The van der Waals surface area contributed by atoms with Crippen molar-refractivity contribution in [2.75, 3.05) is 0 Å². The average molecular weight is 238 g/mol. The van der Waals surface area contributed by atoms with Crippen LogP contribution in [0.2, 0.25) is 0 Å². The summed E-state index contributed by atoms with van der Waals surface area (Å²) in [5.74, 6) is 0.392. The molecule has 1 aliphatic carbocycles. The van der Waals surface area contributed by atoms with Crippen LogP contribution in [0.25, 0.3) is 0 Å². The van der Waals surface area contributed by atoms with E-state index in [0.29, 0.717) is 5.92 Å². The smallest absolute Gasteiger partial charge is 0.310 e. The van der Waals surface area contributed by atoms with Crippen LogP contribution < -0.4 is 0 Å². The SMILES string of the molecule is CCCC/C=C/C1C(C(=O)OC(C)C)C1(C)C. The zero-order valence-electron chi connectivity index (χ0n) is 11.8. The Kier molecular flexibility index (Phi) is 4.79. The van der Waals surface area contributed by atoms with Crippen LogP contribution in [0.5, 0.6) is 0 Å². The predicted octanol–water partition coefficient (Wildman–Crippen LogP) is 3.96. The maximum absolute atomic E-state index is 11.9. The van der Waals surface area contributed by atoms with Gasteiger partial charge < -0.3 is 4.74 Å². The second kappa shape index (κ2) is 5.70. The van der Waals surface area contributed by atoms with E-state index in [-0.39, 0.29) is 23.4 Å². The largest absolute Gasteiger partial charge is 0.463 e. The van der Waals surface area contributed by atoms with Crippen LogP contribution in [0.3, 0.4) is 0 Å². The van der Waals surface area contributed by atoms with Crippen LogP contribution >= 0.6 is 0 Å². The molecule has 0 aliphatic heterocycles. The first-order valence-electron chi connectivity index (χ1n) is 6.78. The van der Waals surface area contributed by atoms with Crippen LogP contribution in [-0.2, 0) is 9.53 Å². The monoisotopic (exact) mass is 238 g/mol. The summed E-state index contributed by atoms with van der Waals surface area (Å²) in [5, 5.41) is 0. The van der Waals surface area contributed by atoms with Gasteiger partial charge in [0.25, 0.3) is 0 Å². The minimum Gasteiger partial charge on any atom is -0.463 e. The van der Waals surface area contributed by atoms with Gasteiger partial charge in [-0.25, -0.2) is 0 Å². The van der Waals surface area contributed by atoms with E-state index in [1.54, 1.807) is 0 Å². The van der Waals surface area contributed by atoms with E-state index in [1.807, 2.05) is 13.8 Å². The Balaban J connectivity index is 2.47. The Bertz CT molecular complexity index is 289. The van der Waals surface area contributed by atoms with Gasteiger partial charge in [0.1, 0.15) is 0 Å². The number of ether oxygens (including phenoxy) is 1. The number of unbranched alkanes of at least 4 members (excludes halogenated alkanes) is 2. The second-order valence-corrected chi connectivity index (χ2v) is 5.88. The summed E-state index contributed by atoms with van der Waals surface area (Å²) in [6, 6.07) is 0. The molecule has 0 aromatic heterocycles. The fraction of sp³-hybridized carbons (Fsp3) is 0.800. The summed E-state index contributed by atoms with van der Waals surface area (Å²) in [6.07, 6.45) is 7.99. The van der Waals surface area contributed by atoms with Crippen molar-refractivity contribution >= 4 is 5.97 Å². The number of esters is 1. The van der Waals surface area contributed by atoms with E-state index in [9.17, 15) is 4.79 Å². The molecular weight excluding hydrogens is 212 g/mol. The fourth-order valence-electron chi connectivity index (χ4n) is 2.36. The summed E-state index contributed by atoms with van der Waals surface area (Å²) >= 11 is 0. The molecule has 0 amide bonds. The molecule has 0 radical (unpaired) electrons. The molecule has 0 aromatic rings. The van der Waals surface area contributed by atoms with Gasteiger partial charge in [-0.2, -0.15) is 0 Å². The third-order valence-corrected chi connectivity index (χ3v) is 3.58. The molecule has 1 fully saturated rings. The van der Waals surface area contributed by atoms with Gasteiger partial charge in [0.15, 0.2) is 0 Å². The van der Waals surface area contributed by atoms with Crippen molar-refractivity contribution in [3.05, 3.63) is 12.2 Å². The molecule has 0 bridgehead atoms. The zero-order valence-corrected chi connectivity index (χ0v) is 11.8. The first kappa shape index (κ1) is 14.3. The van der Waals surface area contributed by atoms with Crippen LogP contribution in [0.15, 0.2) is 12.2 Å². The minimum absolute atomic E-state index is 0.0105. The molecule has 0 heterocycles. The Labute approximate surface area is 105 Å². The summed E-state index contributed by atoms with van der Waals surface area (Å²) in [6.45, 7) is 10.3. The molecule has 1 saturated carbocycles. The van der Waals surface area contributed by atoms with E-state index in [0.717, 1.165) is 6.42 Å². The maximum atomic E-state index is 11.9. The first-order chi connectivity index (χ1) is 7.91. The van der Waals surface area contributed by atoms with E-state index in [4.69, 9.17) is 4.74 Å². The number of hydrogen-bond acceptors (Lipinski definition) is 2. The third-order valence-electron chi connectivity index (χ3n) is 3.58. The van der Waals surface area contributed by atoms with Gasteiger partial charge in [-0.05, 0) is 31.6 Å². The van der Waals surface area contributed by atoms with E-state index in [2.05, 4.69) is 32.9 Å². The highest BCUT2D eigenvalue weighted by Gasteiger charge is 2.61. The minimum atomic E-state index is -0.0323. The normalized spacial score (nSPS) is 26.5. The fourth-order valence-corrected chi connectivity index (χ4v) is 2.36. The van der Waals surface area contributed by atoms with Crippen LogP contribution in [0.1, 0.15) is 53.9 Å². The number of carbonyl (C=O) groups excluding carboxylic acids is 1. The van der Waals surface area contributed by atoms with Gasteiger partial charge in [-0.3, -0.25) is 4.79 Å². The topological polar surface area (TPSA) is 26.3 Å². The third kappa shape index (κ3) is 3.58. The molecule has 1 rings (SSSR count). The van der Waals surface area contributed by atoms with Crippen molar-refractivity contribution in [1.29, 1.82) is 0 Å². The highest BCUT2D eigenvalue weighted by atomic mass is 16.5. The Morgan fingerprint density at radius 1 is 1.41 bits per heavy atom. The highest BCUT2D eigenvalue weighted by Crippen LogP contribution is 2.59. The van der Waals surface area contributed by atoms with Gasteiger partial charge >= 0.3 is 5.97 Å². The van der Waals surface area contributed by atoms with E-state index < -0.39 is 0 Å². The van der Waals surface area contributed by atoms with Crippen molar-refractivity contribution in [3.8, 4) is 0 Å². The molecule has 2 atom stereocenters. The predicted molar refractivity (Wildman–Crippen MR) is 70.7 cm³/mol. The first-order valence-corrected chi connectivity index (χ1v) is 6.78. The summed E-state index contributed by atoms with van der Waals surface area (Å²) in [5.41, 5.74) is 0.0781. The lowest BCUT2D eigenvalue weighted by atomic mass is 10.1. The molecular formula is C15H26O2. The molecule has 17 heavy (non-hydrogen) atoms. The second-order valence-electron chi connectivity index (χ2n) is 5.88. The molecule has 98 valence electrons. The lowest BCUT2D eigenvalue weighted by molar-refractivity contribution is -0.150. The Hall–Kier alpha value is -0.790. The average Bonchev–Trinajstić information content (AvgIpc) is 2.74. The van der Waals surface area contributed by atoms with Gasteiger partial charge in [-0.15, -0.1) is 0 Å². The van der Waals surface area contributed by atoms with Crippen molar-refractivity contribution in [1.82, 2.24) is 0 Å². The summed E-state index contributed by atoms with van der Waals surface area (Å²) in [7, 11) is 0. The van der Waals surface area contributed by atoms with Gasteiger partial charge in [0, 0.05) is 0 Å². The Morgan fingerprint density at radius 2 is 2.06 bits per heavy atom. The van der Waals surface area contributed by atoms with E-state index in [1.165, 1.54) is 12.8 Å². The van der Waals surface area contributed by atoms with Gasteiger partial charge in [0.2, 0.25) is 0 Å². The number of rotatable bonds is 6. The number of hydrogen-bond donors (Lipinski definition) is 0. The molecule has 0 aromatic carbocycles. The van der Waals surface area contributed by atoms with Crippen molar-refractivity contribution in [2.45, 2.75) is 60.0 Å². The lowest BCUT2D eigenvalue weighted by Crippen LogP contribution is -2.15. The van der Waals surface area contributed by atoms with Crippen molar-refractivity contribution in [3.63, 3.8) is 0 Å². The molecule has 0 N–H and O–H groups in total. The van der Waals surface area contributed by atoms with Gasteiger partial charge in [-0.1, -0.05) is 45.8 Å². The summed E-state index contributed by atoms with van der Waals surface area (Å²) < 4.78 is 5.29. The highest BCUT2D eigenvalue weighted by molar-refractivity contribution is 5.78. The maximum Gasteiger partial charge on any atom is 0.310 e. The van der Waals surface area contributed by atoms with Crippen LogP contribution in [0.4, 0.5) is 0 Å². The molecule has 0 spiro atoms. The molecule has 2 unspecified atom stereocenters. The summed E-state index contributed by atoms with van der Waals surface area (Å²) in [4.78, 5) is 11.9. The quantitative estimate of drug-likeness (QED) is 0.398. The number of carbonyl (C=O) groups is 1. The molecule has 2 nitrogen and oxygen atoms in total. The van der Waals surface area contributed by atoms with E-state index >= 15 is 0 Å². The van der Waals surface area contributed by atoms with Gasteiger partial charge in [0.05, 0.1) is 12.0 Å². The van der Waals surface area contributed by atoms with Crippen molar-refractivity contribution < 1.29 is 9.53 Å². The standard InChI is InChI=1S/C15H26O2/c1-6-7-8-9-10-12-13(15(12,4)5)14(16)17-11(2)3/h9-13H,6-8H2,1-5H3/b10-9+. The number of allylic oxidation sites excluding steroid dienone is 2. The van der Waals surface area contributed by atoms with Crippen LogP contribution in [-0.4, -0.2) is 12.1 Å². The van der Waals surface area contributed by atoms with Crippen LogP contribution in [0, 0.1) is 17.3 Å². The lowest BCUT2D eigenvalue weighted by Gasteiger charge is -2.08. The molecule has 0 saturated heterocycles. The molecule has 2 heteroatoms. The van der Waals surface area contributed by atoms with Crippen molar-refractivity contribution in [2.24, 2.45) is 17.3 Å². The molecule has 1 aliphatic rings. The Morgan fingerprint density at radius 3 is 2.59 bits per heavy atom. The zero-order chi connectivity index (χ0) is 13.1.